The average Bonchev–Trinajstić information content (AvgIpc) is 2.95. The zero-order chi connectivity index (χ0) is 19.4. The first-order chi connectivity index (χ1) is 12.8. The number of carbonyl (C=O) groups is 1. The van der Waals surface area contributed by atoms with Crippen molar-refractivity contribution >= 4 is 17.0 Å². The number of piperidine rings is 1. The van der Waals surface area contributed by atoms with Crippen molar-refractivity contribution in [3.05, 3.63) is 29.6 Å². The van der Waals surface area contributed by atoms with E-state index >= 15 is 0 Å². The zero-order valence-electron chi connectivity index (χ0n) is 14.8. The van der Waals surface area contributed by atoms with Gasteiger partial charge in [-0.05, 0) is 44.1 Å². The van der Waals surface area contributed by atoms with E-state index in [0.29, 0.717) is 23.4 Å². The van der Waals surface area contributed by atoms with Crippen LogP contribution in [0, 0.1) is 0 Å². The fourth-order valence-electron chi connectivity index (χ4n) is 3.34. The van der Waals surface area contributed by atoms with Crippen LogP contribution in [0.3, 0.4) is 0 Å². The SMILES string of the molecule is O=C(O)c1ccc2nc(CN3CCCCC3)n(CCOCC(F)(F)F)c2c1. The van der Waals surface area contributed by atoms with Gasteiger partial charge in [-0.15, -0.1) is 0 Å². The molecule has 0 bridgehead atoms. The summed E-state index contributed by atoms with van der Waals surface area (Å²) in [5.41, 5.74) is 1.34. The van der Waals surface area contributed by atoms with E-state index in [0.717, 1.165) is 25.9 Å². The Bertz CT molecular complexity index is 798. The Balaban J connectivity index is 1.83. The fourth-order valence-corrected chi connectivity index (χ4v) is 3.34. The topological polar surface area (TPSA) is 67.6 Å². The maximum Gasteiger partial charge on any atom is 0.411 e. The van der Waals surface area contributed by atoms with E-state index in [4.69, 9.17) is 4.74 Å². The van der Waals surface area contributed by atoms with E-state index in [1.54, 1.807) is 10.6 Å². The Labute approximate surface area is 154 Å². The molecule has 1 aliphatic rings. The van der Waals surface area contributed by atoms with Crippen molar-refractivity contribution in [2.75, 3.05) is 26.3 Å². The number of imidazole rings is 1. The van der Waals surface area contributed by atoms with Crippen molar-refractivity contribution in [2.45, 2.75) is 38.5 Å². The van der Waals surface area contributed by atoms with Crippen molar-refractivity contribution in [1.29, 1.82) is 0 Å². The van der Waals surface area contributed by atoms with Crippen LogP contribution in [-0.4, -0.2) is 58.0 Å². The maximum absolute atomic E-state index is 12.3. The normalized spacial score (nSPS) is 16.1. The standard InChI is InChI=1S/C18H22F3N3O3/c19-18(20,21)12-27-9-8-24-15-10-13(17(25)26)4-5-14(15)22-16(24)11-23-6-2-1-3-7-23/h4-5,10H,1-3,6-9,11-12H2,(H,25,26). The number of nitrogens with zero attached hydrogens (tertiary/aromatic N) is 3. The van der Waals surface area contributed by atoms with Gasteiger partial charge in [0.25, 0.3) is 0 Å². The Morgan fingerprint density at radius 1 is 1.22 bits per heavy atom. The molecular weight excluding hydrogens is 363 g/mol. The lowest BCUT2D eigenvalue weighted by Crippen LogP contribution is -2.30. The van der Waals surface area contributed by atoms with E-state index in [1.165, 1.54) is 18.6 Å². The number of hydrogen-bond acceptors (Lipinski definition) is 4. The van der Waals surface area contributed by atoms with Gasteiger partial charge in [0.05, 0.1) is 29.7 Å². The van der Waals surface area contributed by atoms with Crippen LogP contribution in [0.25, 0.3) is 11.0 Å². The molecule has 0 spiro atoms. The second kappa shape index (κ2) is 8.26. The second-order valence-corrected chi connectivity index (χ2v) is 6.69. The van der Waals surface area contributed by atoms with Gasteiger partial charge in [-0.25, -0.2) is 9.78 Å². The minimum absolute atomic E-state index is 0.115. The van der Waals surface area contributed by atoms with E-state index in [1.807, 2.05) is 0 Å². The van der Waals surface area contributed by atoms with Crippen LogP contribution in [-0.2, 0) is 17.8 Å². The Kier molecular flexibility index (Phi) is 6.01. The molecule has 1 N–H and O–H groups in total. The highest BCUT2D eigenvalue weighted by Gasteiger charge is 2.27. The number of alkyl halides is 3. The van der Waals surface area contributed by atoms with Crippen LogP contribution in [0.2, 0.25) is 0 Å². The smallest absolute Gasteiger partial charge is 0.411 e. The Hall–Kier alpha value is -2.13. The first-order valence-corrected chi connectivity index (χ1v) is 8.93. The molecule has 0 unspecified atom stereocenters. The number of ether oxygens (including phenoxy) is 1. The number of aromatic nitrogens is 2. The predicted molar refractivity (Wildman–Crippen MR) is 92.7 cm³/mol. The third kappa shape index (κ3) is 5.20. The minimum Gasteiger partial charge on any atom is -0.478 e. The highest BCUT2D eigenvalue weighted by Crippen LogP contribution is 2.21. The molecule has 1 aliphatic heterocycles. The van der Waals surface area contributed by atoms with Gasteiger partial charge in [0.2, 0.25) is 0 Å². The maximum atomic E-state index is 12.3. The van der Waals surface area contributed by atoms with Crippen LogP contribution >= 0.6 is 0 Å². The molecule has 27 heavy (non-hydrogen) atoms. The molecule has 1 saturated heterocycles. The molecule has 3 rings (SSSR count). The van der Waals surface area contributed by atoms with Gasteiger partial charge in [0, 0.05) is 6.54 Å². The Morgan fingerprint density at radius 2 is 1.96 bits per heavy atom. The van der Waals surface area contributed by atoms with Crippen LogP contribution in [0.5, 0.6) is 0 Å². The van der Waals surface area contributed by atoms with Crippen LogP contribution < -0.4 is 0 Å². The quantitative estimate of drug-likeness (QED) is 0.741. The molecule has 1 aromatic carbocycles. The summed E-state index contributed by atoms with van der Waals surface area (Å²) in [6, 6.07) is 4.62. The number of rotatable bonds is 7. The number of carboxylic acid groups (broad SMARTS) is 1. The molecule has 0 amide bonds. The highest BCUT2D eigenvalue weighted by atomic mass is 19.4. The van der Waals surface area contributed by atoms with Gasteiger partial charge >= 0.3 is 12.1 Å². The molecule has 1 aromatic heterocycles. The van der Waals surface area contributed by atoms with Gasteiger partial charge in [0.1, 0.15) is 12.4 Å². The number of likely N-dealkylation sites (tertiary alicyclic amines) is 1. The number of fused-ring (bicyclic) bond motifs is 1. The minimum atomic E-state index is -4.37. The molecule has 148 valence electrons. The third-order valence-corrected chi connectivity index (χ3v) is 4.61. The molecule has 6 nitrogen and oxygen atoms in total. The van der Waals surface area contributed by atoms with Crippen LogP contribution in [0.4, 0.5) is 13.2 Å². The highest BCUT2D eigenvalue weighted by molar-refractivity contribution is 5.92. The number of halogens is 3. The fraction of sp³-hybridized carbons (Fsp3) is 0.556. The van der Waals surface area contributed by atoms with E-state index in [9.17, 15) is 23.1 Å². The summed E-state index contributed by atoms with van der Waals surface area (Å²) in [5.74, 6) is -0.347. The summed E-state index contributed by atoms with van der Waals surface area (Å²) in [5, 5.41) is 9.22. The molecule has 1 fully saturated rings. The van der Waals surface area contributed by atoms with Gasteiger partial charge in [-0.1, -0.05) is 6.42 Å². The summed E-state index contributed by atoms with van der Waals surface area (Å²) in [4.78, 5) is 18.1. The Morgan fingerprint density at radius 3 is 2.63 bits per heavy atom. The molecule has 0 atom stereocenters. The van der Waals surface area contributed by atoms with Crippen molar-refractivity contribution < 1.29 is 27.8 Å². The summed E-state index contributed by atoms with van der Waals surface area (Å²) in [6.45, 7) is 1.23. The first-order valence-electron chi connectivity index (χ1n) is 8.93. The van der Waals surface area contributed by atoms with Crippen LogP contribution in [0.15, 0.2) is 18.2 Å². The molecule has 2 aromatic rings. The average molecular weight is 385 g/mol. The molecule has 0 aliphatic carbocycles. The van der Waals surface area contributed by atoms with Crippen molar-refractivity contribution in [2.24, 2.45) is 0 Å². The molecular formula is C18H22F3N3O3. The number of benzene rings is 1. The monoisotopic (exact) mass is 385 g/mol. The lowest BCUT2D eigenvalue weighted by Gasteiger charge is -2.26. The summed E-state index contributed by atoms with van der Waals surface area (Å²) in [7, 11) is 0. The lowest BCUT2D eigenvalue weighted by molar-refractivity contribution is -0.174. The predicted octanol–water partition coefficient (Wildman–Crippen LogP) is 3.30. The van der Waals surface area contributed by atoms with E-state index in [2.05, 4.69) is 9.88 Å². The van der Waals surface area contributed by atoms with Gasteiger partial charge < -0.3 is 14.4 Å². The molecule has 0 saturated carbocycles. The number of aromatic carboxylic acids is 1. The number of hydrogen-bond donors (Lipinski definition) is 1. The summed E-state index contributed by atoms with van der Waals surface area (Å²) in [6.07, 6.45) is -0.958. The zero-order valence-corrected chi connectivity index (χ0v) is 14.8. The van der Waals surface area contributed by atoms with Gasteiger partial charge in [-0.2, -0.15) is 13.2 Å². The van der Waals surface area contributed by atoms with E-state index in [-0.39, 0.29) is 18.7 Å². The second-order valence-electron chi connectivity index (χ2n) is 6.69. The first kappa shape index (κ1) is 19.6. The molecule has 0 radical (unpaired) electrons. The van der Waals surface area contributed by atoms with Gasteiger partial charge in [0.15, 0.2) is 0 Å². The lowest BCUT2D eigenvalue weighted by atomic mass is 10.1. The van der Waals surface area contributed by atoms with Crippen molar-refractivity contribution in [3.8, 4) is 0 Å². The summed E-state index contributed by atoms with van der Waals surface area (Å²) < 4.78 is 43.4. The van der Waals surface area contributed by atoms with E-state index < -0.39 is 18.8 Å². The van der Waals surface area contributed by atoms with Crippen molar-refractivity contribution in [3.63, 3.8) is 0 Å². The largest absolute Gasteiger partial charge is 0.478 e. The summed E-state index contributed by atoms with van der Waals surface area (Å²) >= 11 is 0. The molecule has 2 heterocycles. The van der Waals surface area contributed by atoms with Crippen LogP contribution in [0.1, 0.15) is 35.4 Å². The van der Waals surface area contributed by atoms with Crippen molar-refractivity contribution in [1.82, 2.24) is 14.5 Å². The number of carboxylic acids is 1. The third-order valence-electron chi connectivity index (χ3n) is 4.61. The molecule has 9 heteroatoms. The van der Waals surface area contributed by atoms with Gasteiger partial charge in [-0.3, -0.25) is 4.90 Å².